The molecule has 2 heterocycles. The van der Waals surface area contributed by atoms with E-state index in [2.05, 4.69) is 30.8 Å². The molecule has 7 heteroatoms. The van der Waals surface area contributed by atoms with E-state index in [1.165, 1.54) is 0 Å². The van der Waals surface area contributed by atoms with Crippen LogP contribution in [-0.2, 0) is 0 Å². The van der Waals surface area contributed by atoms with Crippen molar-refractivity contribution in [2.45, 2.75) is 6.92 Å². The van der Waals surface area contributed by atoms with E-state index in [0.717, 1.165) is 16.9 Å². The van der Waals surface area contributed by atoms with E-state index >= 15 is 0 Å². The third-order valence-corrected chi connectivity index (χ3v) is 3.64. The first-order valence-electron chi connectivity index (χ1n) is 7.81. The van der Waals surface area contributed by atoms with Crippen LogP contribution in [0.1, 0.15) is 11.3 Å². The average Bonchev–Trinajstić information content (AvgIpc) is 3.00. The third-order valence-electron chi connectivity index (χ3n) is 3.64. The molecule has 2 aromatic carbocycles. The minimum Gasteiger partial charge on any atom is -0.244 e. The minimum absolute atomic E-state index is 0.329. The fourth-order valence-corrected chi connectivity index (χ4v) is 2.45. The van der Waals surface area contributed by atoms with Crippen LogP contribution in [0.4, 0.5) is 5.95 Å². The molecule has 0 spiro atoms. The highest BCUT2D eigenvalue weighted by Crippen LogP contribution is 2.18. The molecule has 0 saturated heterocycles. The molecule has 0 saturated carbocycles. The van der Waals surface area contributed by atoms with E-state index in [0.29, 0.717) is 17.1 Å². The molecule has 0 atom stereocenters. The second kappa shape index (κ2) is 6.48. The number of nitrogens with one attached hydrogen (secondary N) is 1. The van der Waals surface area contributed by atoms with Gasteiger partial charge in [0.25, 0.3) is 5.95 Å². The Bertz CT molecular complexity index is 1020. The fraction of sp³-hybridized carbons (Fsp3) is 0.0556. The molecule has 7 nitrogen and oxygen atoms in total. The van der Waals surface area contributed by atoms with Crippen LogP contribution >= 0.6 is 0 Å². The SMILES string of the molecule is Cc1nn(-c2ccccc2)c2nnc(N/N=C/c3ccccc3)nc12. The summed E-state index contributed by atoms with van der Waals surface area (Å²) < 4.78 is 1.74. The van der Waals surface area contributed by atoms with Crippen molar-refractivity contribution in [1.82, 2.24) is 25.0 Å². The smallest absolute Gasteiger partial charge is 0.244 e. The maximum Gasteiger partial charge on any atom is 0.263 e. The Labute approximate surface area is 144 Å². The van der Waals surface area contributed by atoms with E-state index in [1.54, 1.807) is 10.9 Å². The maximum absolute atomic E-state index is 4.51. The van der Waals surface area contributed by atoms with Crippen molar-refractivity contribution in [2.75, 3.05) is 5.43 Å². The lowest BCUT2D eigenvalue weighted by Crippen LogP contribution is -2.02. The van der Waals surface area contributed by atoms with Gasteiger partial charge < -0.3 is 0 Å². The van der Waals surface area contributed by atoms with Gasteiger partial charge >= 0.3 is 0 Å². The van der Waals surface area contributed by atoms with Crippen molar-refractivity contribution in [3.63, 3.8) is 0 Å². The van der Waals surface area contributed by atoms with Crippen molar-refractivity contribution >= 4 is 23.3 Å². The number of rotatable bonds is 4. The first-order chi connectivity index (χ1) is 12.3. The standard InChI is InChI=1S/C18H15N7/c1-13-16-17(25(24-13)15-10-6-3-7-11-15)21-23-18(20-16)22-19-12-14-8-4-2-5-9-14/h2-12H,1H3,(H,20,22,23)/b19-12+. The number of hydrazone groups is 1. The van der Waals surface area contributed by atoms with Crippen LogP contribution in [0.5, 0.6) is 0 Å². The largest absolute Gasteiger partial charge is 0.263 e. The van der Waals surface area contributed by atoms with E-state index in [1.807, 2.05) is 67.6 Å². The summed E-state index contributed by atoms with van der Waals surface area (Å²) in [5.41, 5.74) is 6.79. The predicted molar refractivity (Wildman–Crippen MR) is 96.9 cm³/mol. The van der Waals surface area contributed by atoms with Gasteiger partial charge in [-0.1, -0.05) is 48.5 Å². The maximum atomic E-state index is 4.51. The summed E-state index contributed by atoms with van der Waals surface area (Å²) in [6, 6.07) is 19.6. The molecule has 0 unspecified atom stereocenters. The molecule has 0 aliphatic carbocycles. The third kappa shape index (κ3) is 3.07. The number of anilines is 1. The lowest BCUT2D eigenvalue weighted by Gasteiger charge is -2.01. The highest BCUT2D eigenvalue weighted by atomic mass is 15.4. The molecule has 0 fully saturated rings. The van der Waals surface area contributed by atoms with E-state index in [4.69, 9.17) is 0 Å². The van der Waals surface area contributed by atoms with Crippen LogP contribution in [0.25, 0.3) is 16.9 Å². The second-order valence-electron chi connectivity index (χ2n) is 5.42. The predicted octanol–water partition coefficient (Wildman–Crippen LogP) is 2.96. The molecule has 122 valence electrons. The molecule has 0 radical (unpaired) electrons. The first-order valence-corrected chi connectivity index (χ1v) is 7.81. The normalized spacial score (nSPS) is 11.2. The Morgan fingerprint density at radius 2 is 1.68 bits per heavy atom. The van der Waals surface area contributed by atoms with Crippen LogP contribution in [0, 0.1) is 6.92 Å². The summed E-state index contributed by atoms with van der Waals surface area (Å²) in [5, 5.41) is 17.0. The van der Waals surface area contributed by atoms with Crippen LogP contribution in [0.15, 0.2) is 65.8 Å². The quantitative estimate of drug-likeness (QED) is 0.460. The van der Waals surface area contributed by atoms with Crippen LogP contribution in [-0.4, -0.2) is 31.2 Å². The lowest BCUT2D eigenvalue weighted by atomic mass is 10.2. The zero-order valence-corrected chi connectivity index (χ0v) is 13.5. The summed E-state index contributed by atoms with van der Waals surface area (Å²) in [6.07, 6.45) is 1.70. The van der Waals surface area contributed by atoms with Gasteiger partial charge in [0.2, 0.25) is 5.65 Å². The fourth-order valence-electron chi connectivity index (χ4n) is 2.45. The van der Waals surface area contributed by atoms with Gasteiger partial charge in [-0.2, -0.15) is 10.2 Å². The summed E-state index contributed by atoms with van der Waals surface area (Å²) in [6.45, 7) is 1.90. The molecule has 0 amide bonds. The van der Waals surface area contributed by atoms with Gasteiger partial charge in [-0.15, -0.1) is 10.2 Å². The van der Waals surface area contributed by atoms with Crippen molar-refractivity contribution < 1.29 is 0 Å². The average molecular weight is 329 g/mol. The number of hydrogen-bond acceptors (Lipinski definition) is 6. The number of nitrogens with zero attached hydrogens (tertiary/aromatic N) is 6. The Balaban J connectivity index is 1.63. The molecule has 4 aromatic rings. The molecule has 4 rings (SSSR count). The molecular weight excluding hydrogens is 314 g/mol. The van der Waals surface area contributed by atoms with Crippen LogP contribution in [0.2, 0.25) is 0 Å². The summed E-state index contributed by atoms with van der Waals surface area (Å²) in [5.74, 6) is 0.329. The number of benzene rings is 2. The Morgan fingerprint density at radius 3 is 2.44 bits per heavy atom. The zero-order valence-electron chi connectivity index (χ0n) is 13.5. The molecule has 1 N–H and O–H groups in total. The monoisotopic (exact) mass is 329 g/mol. The minimum atomic E-state index is 0.329. The van der Waals surface area contributed by atoms with Crippen molar-refractivity contribution in [3.05, 3.63) is 71.9 Å². The summed E-state index contributed by atoms with van der Waals surface area (Å²) >= 11 is 0. The van der Waals surface area contributed by atoms with Gasteiger partial charge in [-0.05, 0) is 24.6 Å². The van der Waals surface area contributed by atoms with E-state index in [9.17, 15) is 0 Å². The summed E-state index contributed by atoms with van der Waals surface area (Å²) in [7, 11) is 0. The van der Waals surface area contributed by atoms with Gasteiger partial charge in [-0.3, -0.25) is 0 Å². The van der Waals surface area contributed by atoms with Crippen LogP contribution in [0.3, 0.4) is 0 Å². The van der Waals surface area contributed by atoms with E-state index < -0.39 is 0 Å². The Kier molecular flexibility index (Phi) is 3.88. The summed E-state index contributed by atoms with van der Waals surface area (Å²) in [4.78, 5) is 4.47. The molecule has 25 heavy (non-hydrogen) atoms. The van der Waals surface area contributed by atoms with Gasteiger partial charge in [0.15, 0.2) is 0 Å². The lowest BCUT2D eigenvalue weighted by molar-refractivity contribution is 0.862. The van der Waals surface area contributed by atoms with Gasteiger partial charge in [0.1, 0.15) is 5.52 Å². The molecule has 0 aliphatic rings. The van der Waals surface area contributed by atoms with Crippen LogP contribution < -0.4 is 5.43 Å². The number of aryl methyl sites for hydroxylation is 1. The number of aromatic nitrogens is 5. The molecule has 2 aromatic heterocycles. The van der Waals surface area contributed by atoms with Crippen molar-refractivity contribution in [2.24, 2.45) is 5.10 Å². The Hall–Kier alpha value is -3.61. The number of fused-ring (bicyclic) bond motifs is 1. The molecular formula is C18H15N7. The highest BCUT2D eigenvalue weighted by Gasteiger charge is 2.13. The number of para-hydroxylation sites is 1. The first kappa shape index (κ1) is 14.9. The molecule has 0 aliphatic heterocycles. The van der Waals surface area contributed by atoms with Gasteiger partial charge in [-0.25, -0.2) is 15.1 Å². The zero-order chi connectivity index (χ0) is 17.1. The second-order valence-corrected chi connectivity index (χ2v) is 5.42. The highest BCUT2D eigenvalue weighted by molar-refractivity contribution is 5.80. The van der Waals surface area contributed by atoms with Gasteiger partial charge in [0.05, 0.1) is 17.6 Å². The van der Waals surface area contributed by atoms with Crippen molar-refractivity contribution in [1.29, 1.82) is 0 Å². The van der Waals surface area contributed by atoms with E-state index in [-0.39, 0.29) is 0 Å². The molecule has 0 bridgehead atoms. The number of hydrogen-bond donors (Lipinski definition) is 1. The van der Waals surface area contributed by atoms with Gasteiger partial charge in [0, 0.05) is 0 Å². The Morgan fingerprint density at radius 1 is 0.960 bits per heavy atom. The van der Waals surface area contributed by atoms with Crippen molar-refractivity contribution in [3.8, 4) is 5.69 Å². The topological polar surface area (TPSA) is 80.9 Å².